The molecule has 0 aliphatic heterocycles. The van der Waals surface area contributed by atoms with E-state index in [1.54, 1.807) is 18.3 Å². The van der Waals surface area contributed by atoms with E-state index < -0.39 is 0 Å². The van der Waals surface area contributed by atoms with E-state index in [0.717, 1.165) is 28.1 Å². The van der Waals surface area contributed by atoms with Crippen molar-refractivity contribution in [2.75, 3.05) is 0 Å². The molecule has 0 spiro atoms. The van der Waals surface area contributed by atoms with E-state index in [1.165, 1.54) is 5.56 Å². The fraction of sp³-hybridized carbons (Fsp3) is 0.103. The van der Waals surface area contributed by atoms with Crippen molar-refractivity contribution < 1.29 is 24.5 Å². The van der Waals surface area contributed by atoms with Crippen LogP contribution in [0.2, 0.25) is 0 Å². The van der Waals surface area contributed by atoms with E-state index >= 15 is 0 Å². The van der Waals surface area contributed by atoms with Gasteiger partial charge >= 0.3 is 0 Å². The van der Waals surface area contributed by atoms with Crippen molar-refractivity contribution in [1.29, 1.82) is 0 Å². The fourth-order valence-corrected chi connectivity index (χ4v) is 4.93. The van der Waals surface area contributed by atoms with Crippen molar-refractivity contribution in [1.82, 2.24) is 9.97 Å². The number of hydrogen-bond donors (Lipinski definition) is 0. The second-order valence-corrected chi connectivity index (χ2v) is 11.3. The molecule has 0 atom stereocenters. The minimum atomic E-state index is -0.0444. The molecule has 7 rings (SSSR count). The third kappa shape index (κ3) is 6.60. The minimum absolute atomic E-state index is 0. The average Bonchev–Trinajstić information content (AvgIpc) is 3.06. The first-order chi connectivity index (χ1) is 20.9. The van der Waals surface area contributed by atoms with E-state index in [4.69, 9.17) is 4.42 Å². The van der Waals surface area contributed by atoms with E-state index in [-0.39, 0.29) is 30.9 Å². The van der Waals surface area contributed by atoms with Crippen molar-refractivity contribution in [2.45, 2.75) is 26.2 Å². The van der Waals surface area contributed by atoms with Gasteiger partial charge in [0, 0.05) is 32.5 Å². The molecule has 3 aromatic heterocycles. The van der Waals surface area contributed by atoms with Gasteiger partial charge in [-0.15, -0.1) is 53.6 Å². The van der Waals surface area contributed by atoms with E-state index in [0.29, 0.717) is 27.5 Å². The predicted molar refractivity (Wildman–Crippen MR) is 175 cm³/mol. The van der Waals surface area contributed by atoms with Crippen LogP contribution in [0.3, 0.4) is 0 Å². The second-order valence-electron chi connectivity index (χ2n) is 11.3. The molecule has 0 unspecified atom stereocenters. The van der Waals surface area contributed by atoms with Crippen LogP contribution in [0, 0.1) is 12.1 Å². The Morgan fingerprint density at radius 3 is 2.02 bits per heavy atom. The zero-order valence-corrected chi connectivity index (χ0v) is 27.1. The summed E-state index contributed by atoms with van der Waals surface area (Å²) < 4.78 is 6.20. The van der Waals surface area contributed by atoms with Crippen LogP contribution in [0.25, 0.3) is 55.6 Å². The van der Waals surface area contributed by atoms with Crippen molar-refractivity contribution in [2.24, 2.45) is 0 Å². The molecule has 4 nitrogen and oxygen atoms in total. The van der Waals surface area contributed by atoms with Gasteiger partial charge in [-0.25, -0.2) is 0 Å². The molecule has 0 amide bonds. The summed E-state index contributed by atoms with van der Waals surface area (Å²) in [7, 11) is 0. The van der Waals surface area contributed by atoms with Gasteiger partial charge in [0.15, 0.2) is 5.43 Å². The molecular formula is C39H30IrN2O2-2. The van der Waals surface area contributed by atoms with Gasteiger partial charge in [0.2, 0.25) is 0 Å². The number of fused-ring (bicyclic) bond motifs is 2. The molecule has 0 bridgehead atoms. The zero-order valence-electron chi connectivity index (χ0n) is 24.7. The molecule has 7 aromatic rings. The number of rotatable bonds is 3. The normalized spacial score (nSPS) is 11.0. The number of pyridine rings is 2. The second kappa shape index (κ2) is 13.3. The smallest absolute Gasteiger partial charge is 0.182 e. The third-order valence-corrected chi connectivity index (χ3v) is 7.27. The summed E-state index contributed by atoms with van der Waals surface area (Å²) in [6, 6.07) is 43.5. The number of aromatic nitrogens is 2. The van der Waals surface area contributed by atoms with Gasteiger partial charge in [-0.2, -0.15) is 0 Å². The summed E-state index contributed by atoms with van der Waals surface area (Å²) in [6.07, 6.45) is 3.53. The summed E-state index contributed by atoms with van der Waals surface area (Å²) in [5.41, 5.74) is 8.05. The largest absolute Gasteiger partial charge is 0.500 e. The summed E-state index contributed by atoms with van der Waals surface area (Å²) in [4.78, 5) is 21.7. The van der Waals surface area contributed by atoms with Gasteiger partial charge in [0.25, 0.3) is 0 Å². The molecule has 0 aliphatic rings. The molecule has 44 heavy (non-hydrogen) atoms. The van der Waals surface area contributed by atoms with Gasteiger partial charge in [-0.05, 0) is 57.6 Å². The van der Waals surface area contributed by atoms with E-state index in [1.807, 2.05) is 97.2 Å². The average molecular weight is 751 g/mol. The molecule has 0 fully saturated rings. The number of nitrogens with zero attached hydrogens (tertiary/aromatic N) is 2. The Kier molecular flexibility index (Phi) is 9.29. The monoisotopic (exact) mass is 751 g/mol. The molecule has 3 heterocycles. The number of benzene rings is 4. The van der Waals surface area contributed by atoms with Gasteiger partial charge in [-0.1, -0.05) is 87.0 Å². The van der Waals surface area contributed by atoms with Crippen LogP contribution < -0.4 is 5.43 Å². The quantitative estimate of drug-likeness (QED) is 0.134. The van der Waals surface area contributed by atoms with Crippen LogP contribution in [0.15, 0.2) is 137 Å². The third-order valence-electron chi connectivity index (χ3n) is 7.27. The van der Waals surface area contributed by atoms with Gasteiger partial charge in [0.1, 0.15) is 5.58 Å². The summed E-state index contributed by atoms with van der Waals surface area (Å²) in [5, 5.41) is 1.11. The van der Waals surface area contributed by atoms with Crippen LogP contribution in [-0.2, 0) is 25.5 Å². The molecule has 0 aliphatic carbocycles. The Bertz CT molecular complexity index is 2070. The van der Waals surface area contributed by atoms with Crippen LogP contribution >= 0.6 is 0 Å². The molecule has 4 aromatic carbocycles. The Labute approximate surface area is 270 Å². The Hall–Kier alpha value is -4.70. The molecule has 1 radical (unpaired) electrons. The van der Waals surface area contributed by atoms with Crippen molar-refractivity contribution in [3.05, 3.63) is 156 Å². The van der Waals surface area contributed by atoms with Crippen LogP contribution in [0.4, 0.5) is 0 Å². The predicted octanol–water partition coefficient (Wildman–Crippen LogP) is 9.32. The maximum absolute atomic E-state index is 13.0. The maximum atomic E-state index is 13.0. The maximum Gasteiger partial charge on any atom is 0.182 e. The van der Waals surface area contributed by atoms with Crippen LogP contribution in [0.1, 0.15) is 26.3 Å². The molecule has 0 saturated carbocycles. The summed E-state index contributed by atoms with van der Waals surface area (Å²) in [5.74, 6) is 0. The first kappa shape index (κ1) is 30.7. The molecular weight excluding hydrogens is 721 g/mol. The van der Waals surface area contributed by atoms with Crippen LogP contribution in [0.5, 0.6) is 0 Å². The van der Waals surface area contributed by atoms with Gasteiger partial charge in [0.05, 0.1) is 11.0 Å². The first-order valence-electron chi connectivity index (χ1n) is 14.2. The zero-order chi connectivity index (χ0) is 29.8. The minimum Gasteiger partial charge on any atom is -0.500 e. The summed E-state index contributed by atoms with van der Waals surface area (Å²) in [6.45, 7) is 6.64. The molecule has 219 valence electrons. The SMILES string of the molecule is CC(C)(C)c1cc[c-]c(-c2ccccn2)c1.O=c1c2ccc(-c3ccccc3)cc2oc2c(-c3ccccn3)[c-]ccc12.[Ir]. The van der Waals surface area contributed by atoms with E-state index in [2.05, 4.69) is 55.0 Å². The Morgan fingerprint density at radius 2 is 1.34 bits per heavy atom. The topological polar surface area (TPSA) is 56.0 Å². The van der Waals surface area contributed by atoms with Gasteiger partial charge in [-0.3, -0.25) is 4.79 Å². The number of hydrogen-bond acceptors (Lipinski definition) is 4. The standard InChI is InChI=1S/C24H14NO2.C15H16N.Ir/c26-23-19-13-12-17(16-7-2-1-3-8-16)15-22(19)27-24-18(9-6-10-20(23)24)21-11-4-5-14-25-21;1-15(2,3)13-8-6-7-12(11-13)14-9-4-5-10-16-14;/h1-8,10-15H;4-6,8-11H,1-3H3;/q2*-1;. The fourth-order valence-electron chi connectivity index (χ4n) is 4.93. The molecule has 0 N–H and O–H groups in total. The van der Waals surface area contributed by atoms with Crippen molar-refractivity contribution >= 4 is 21.9 Å². The molecule has 0 saturated heterocycles. The Balaban J connectivity index is 0.000000194. The molecule has 5 heteroatoms. The van der Waals surface area contributed by atoms with Crippen LogP contribution in [-0.4, -0.2) is 9.97 Å². The summed E-state index contributed by atoms with van der Waals surface area (Å²) >= 11 is 0. The van der Waals surface area contributed by atoms with Gasteiger partial charge < -0.3 is 14.4 Å². The first-order valence-corrected chi connectivity index (χ1v) is 14.2. The van der Waals surface area contributed by atoms with Crippen molar-refractivity contribution in [3.63, 3.8) is 0 Å². The van der Waals surface area contributed by atoms with E-state index in [9.17, 15) is 4.79 Å². The Morgan fingerprint density at radius 1 is 0.659 bits per heavy atom. The van der Waals surface area contributed by atoms with Crippen molar-refractivity contribution in [3.8, 4) is 33.6 Å².